The first-order valence-corrected chi connectivity index (χ1v) is 10.6. The topological polar surface area (TPSA) is 71.5 Å². The number of allylic oxidation sites excluding steroid dienone is 1. The number of hydrogen-bond acceptors (Lipinski definition) is 4. The number of carboxylic acid groups (broad SMARTS) is 1. The molecule has 0 amide bonds. The van der Waals surface area contributed by atoms with Crippen LogP contribution in [0.4, 0.5) is 5.82 Å². The Hall–Kier alpha value is -3.60. The average molecular weight is 412 g/mol. The minimum Gasteiger partial charge on any atom is -0.494 e. The molecule has 2 aliphatic carbocycles. The molecule has 0 aliphatic heterocycles. The quantitative estimate of drug-likeness (QED) is 0.559. The van der Waals surface area contributed by atoms with Crippen molar-refractivity contribution in [2.45, 2.75) is 25.7 Å². The zero-order valence-corrected chi connectivity index (χ0v) is 17.2. The predicted octanol–water partition coefficient (Wildman–Crippen LogP) is 4.50. The average Bonchev–Trinajstić information content (AvgIpc) is 3.06. The van der Waals surface area contributed by atoms with E-state index in [2.05, 4.69) is 34.6 Å². The van der Waals surface area contributed by atoms with E-state index >= 15 is 0 Å². The number of nitrogens with one attached hydrogen (secondary N) is 1. The molecule has 2 aliphatic rings. The minimum atomic E-state index is -0.806. The lowest BCUT2D eigenvalue weighted by molar-refractivity contribution is -0.132. The fourth-order valence-electron chi connectivity index (χ4n) is 4.55. The van der Waals surface area contributed by atoms with Gasteiger partial charge in [0.05, 0.1) is 6.61 Å². The Morgan fingerprint density at radius 1 is 0.968 bits per heavy atom. The summed E-state index contributed by atoms with van der Waals surface area (Å²) >= 11 is 0. The van der Waals surface area contributed by atoms with Crippen LogP contribution >= 0.6 is 0 Å². The molecule has 0 radical (unpaired) electrons. The second-order valence-electron chi connectivity index (χ2n) is 8.02. The van der Waals surface area contributed by atoms with Crippen LogP contribution in [0.1, 0.15) is 34.2 Å². The van der Waals surface area contributed by atoms with Gasteiger partial charge in [-0.1, -0.05) is 30.3 Å². The summed E-state index contributed by atoms with van der Waals surface area (Å²) in [6.45, 7) is 1.41. The van der Waals surface area contributed by atoms with Gasteiger partial charge in [-0.05, 0) is 76.9 Å². The van der Waals surface area contributed by atoms with Gasteiger partial charge < -0.3 is 15.2 Å². The molecule has 156 valence electrons. The Kier molecular flexibility index (Phi) is 5.16. The van der Waals surface area contributed by atoms with E-state index in [4.69, 9.17) is 4.74 Å². The summed E-state index contributed by atoms with van der Waals surface area (Å²) in [4.78, 5) is 16.1. The highest BCUT2D eigenvalue weighted by Crippen LogP contribution is 2.41. The molecule has 0 unspecified atom stereocenters. The van der Waals surface area contributed by atoms with Crippen LogP contribution in [0.2, 0.25) is 0 Å². The van der Waals surface area contributed by atoms with E-state index in [0.717, 1.165) is 47.7 Å². The molecule has 5 rings (SSSR count). The van der Waals surface area contributed by atoms with Gasteiger partial charge in [0, 0.05) is 24.7 Å². The van der Waals surface area contributed by atoms with Gasteiger partial charge in [-0.2, -0.15) is 0 Å². The third kappa shape index (κ3) is 3.91. The highest BCUT2D eigenvalue weighted by molar-refractivity contribution is 6.01. The highest BCUT2D eigenvalue weighted by Gasteiger charge is 2.30. The van der Waals surface area contributed by atoms with Crippen molar-refractivity contribution in [1.29, 1.82) is 0 Å². The van der Waals surface area contributed by atoms with Gasteiger partial charge in [-0.15, -0.1) is 0 Å². The second-order valence-corrected chi connectivity index (χ2v) is 8.02. The van der Waals surface area contributed by atoms with Gasteiger partial charge in [-0.3, -0.25) is 0 Å². The summed E-state index contributed by atoms with van der Waals surface area (Å²) in [6.07, 6.45) is 4.63. The van der Waals surface area contributed by atoms with Gasteiger partial charge in [0.1, 0.15) is 11.6 Å². The first-order valence-electron chi connectivity index (χ1n) is 10.6. The second kappa shape index (κ2) is 8.26. The van der Waals surface area contributed by atoms with Crippen LogP contribution in [0.3, 0.4) is 0 Å². The number of pyridine rings is 1. The Morgan fingerprint density at radius 2 is 1.84 bits per heavy atom. The number of anilines is 1. The molecule has 0 saturated carbocycles. The van der Waals surface area contributed by atoms with E-state index in [-0.39, 0.29) is 0 Å². The monoisotopic (exact) mass is 412 g/mol. The van der Waals surface area contributed by atoms with Gasteiger partial charge in [0.2, 0.25) is 0 Å². The van der Waals surface area contributed by atoms with E-state index in [0.29, 0.717) is 25.0 Å². The maximum absolute atomic E-state index is 11.8. The normalized spacial score (nSPS) is 13.9. The molecular formula is C26H24N2O3. The molecule has 31 heavy (non-hydrogen) atoms. The Bertz CT molecular complexity index is 1170. The smallest absolute Gasteiger partial charge is 0.332 e. The summed E-state index contributed by atoms with van der Waals surface area (Å²) in [7, 11) is 0. The van der Waals surface area contributed by atoms with Crippen LogP contribution in [0.15, 0.2) is 66.4 Å². The minimum absolute atomic E-state index is 0.525. The number of carbonyl (C=O) groups is 1. The SMILES string of the molecule is O=C(O)C1=C2Cc3ccc(OCCCNc4ccccn4)cc3Cc3cccc(c32)C1. The highest BCUT2D eigenvalue weighted by atomic mass is 16.5. The van der Waals surface area contributed by atoms with E-state index < -0.39 is 5.97 Å². The van der Waals surface area contributed by atoms with Crippen LogP contribution < -0.4 is 10.1 Å². The number of ether oxygens (including phenoxy) is 1. The van der Waals surface area contributed by atoms with Gasteiger partial charge in [0.15, 0.2) is 0 Å². The van der Waals surface area contributed by atoms with Crippen molar-refractivity contribution in [1.82, 2.24) is 4.98 Å². The van der Waals surface area contributed by atoms with Crippen molar-refractivity contribution < 1.29 is 14.6 Å². The largest absolute Gasteiger partial charge is 0.494 e. The van der Waals surface area contributed by atoms with E-state index in [1.54, 1.807) is 6.20 Å². The third-order valence-electron chi connectivity index (χ3n) is 6.02. The Labute approximate surface area is 181 Å². The van der Waals surface area contributed by atoms with E-state index in [9.17, 15) is 9.90 Å². The zero-order valence-electron chi connectivity index (χ0n) is 17.2. The molecule has 5 nitrogen and oxygen atoms in total. The predicted molar refractivity (Wildman–Crippen MR) is 120 cm³/mol. The molecule has 3 aromatic rings. The number of nitrogens with zero attached hydrogens (tertiary/aromatic N) is 1. The Morgan fingerprint density at radius 3 is 2.65 bits per heavy atom. The van der Waals surface area contributed by atoms with Gasteiger partial charge >= 0.3 is 5.97 Å². The molecule has 1 aromatic heterocycles. The molecule has 5 heteroatoms. The summed E-state index contributed by atoms with van der Waals surface area (Å²) in [6, 6.07) is 18.2. The zero-order chi connectivity index (χ0) is 21.2. The van der Waals surface area contributed by atoms with Crippen LogP contribution in [0.25, 0.3) is 5.57 Å². The van der Waals surface area contributed by atoms with Crippen LogP contribution in [-0.2, 0) is 24.1 Å². The van der Waals surface area contributed by atoms with Crippen molar-refractivity contribution in [3.05, 3.63) is 94.2 Å². The molecule has 2 aromatic carbocycles. The molecule has 0 fully saturated rings. The molecule has 0 atom stereocenters. The molecule has 0 spiro atoms. The van der Waals surface area contributed by atoms with Gasteiger partial charge in [0.25, 0.3) is 0 Å². The standard InChI is InChI=1S/C26H24N2O3/c29-26(30)23-16-19-6-3-5-18-13-20-14-21(9-8-17(20)15-22(23)25(18)19)31-12-4-11-28-24-7-1-2-10-27-24/h1-3,5-10,14H,4,11-13,15-16H2,(H,27,28)(H,29,30). The first kappa shape index (κ1) is 19.4. The summed E-state index contributed by atoms with van der Waals surface area (Å²) < 4.78 is 6.00. The number of hydrogen-bond donors (Lipinski definition) is 2. The van der Waals surface area contributed by atoms with Crippen LogP contribution in [0.5, 0.6) is 5.75 Å². The fraction of sp³-hybridized carbons (Fsp3) is 0.231. The summed E-state index contributed by atoms with van der Waals surface area (Å²) in [5.41, 5.74) is 7.40. The maximum Gasteiger partial charge on any atom is 0.332 e. The van der Waals surface area contributed by atoms with Crippen LogP contribution in [0, 0.1) is 0 Å². The summed E-state index contributed by atoms with van der Waals surface area (Å²) in [5.74, 6) is 0.925. The molecular weight excluding hydrogens is 388 g/mol. The van der Waals surface area contributed by atoms with Crippen molar-refractivity contribution in [2.24, 2.45) is 0 Å². The number of aliphatic carboxylic acids is 1. The fourth-order valence-corrected chi connectivity index (χ4v) is 4.55. The lowest BCUT2D eigenvalue weighted by atomic mass is 9.97. The number of benzene rings is 2. The number of fused-ring (bicyclic) bond motifs is 1. The molecule has 1 heterocycles. The van der Waals surface area contributed by atoms with E-state index in [1.165, 1.54) is 16.7 Å². The van der Waals surface area contributed by atoms with Crippen LogP contribution in [-0.4, -0.2) is 29.2 Å². The number of aromatic nitrogens is 1. The van der Waals surface area contributed by atoms with Crippen molar-refractivity contribution >= 4 is 17.4 Å². The third-order valence-corrected chi connectivity index (χ3v) is 6.02. The van der Waals surface area contributed by atoms with E-state index in [1.807, 2.05) is 30.3 Å². The Balaban J connectivity index is 1.29. The van der Waals surface area contributed by atoms with Crippen molar-refractivity contribution in [3.8, 4) is 5.75 Å². The lowest BCUT2D eigenvalue weighted by Gasteiger charge is -2.12. The number of rotatable bonds is 7. The lowest BCUT2D eigenvalue weighted by Crippen LogP contribution is -2.08. The van der Waals surface area contributed by atoms with Crippen molar-refractivity contribution in [3.63, 3.8) is 0 Å². The van der Waals surface area contributed by atoms with Crippen molar-refractivity contribution in [2.75, 3.05) is 18.5 Å². The first-order chi connectivity index (χ1) is 15.2. The number of carboxylic acids is 1. The molecule has 2 N–H and O–H groups in total. The van der Waals surface area contributed by atoms with Gasteiger partial charge in [-0.25, -0.2) is 9.78 Å². The molecule has 0 bridgehead atoms. The summed E-state index contributed by atoms with van der Waals surface area (Å²) in [5, 5.41) is 13.0. The molecule has 0 saturated heterocycles. The maximum atomic E-state index is 11.8.